The third-order valence-corrected chi connectivity index (χ3v) is 3.22. The van der Waals surface area contributed by atoms with Crippen LogP contribution in [0.15, 0.2) is 48.7 Å². The van der Waals surface area contributed by atoms with Crippen LogP contribution < -0.4 is 16.2 Å². The number of nitrogens with zero attached hydrogens (tertiary/aromatic N) is 3. The molecule has 0 aliphatic rings. The summed E-state index contributed by atoms with van der Waals surface area (Å²) in [6.07, 6.45) is 1.73. The van der Waals surface area contributed by atoms with Crippen molar-refractivity contribution in [2.24, 2.45) is 5.73 Å². The minimum absolute atomic E-state index is 0.0710. The monoisotopic (exact) mass is 321 g/mol. The number of aromatic nitrogens is 3. The SMILES string of the molecule is Cc1ccc(Oc2ccc(-c3nc(N)cc(C(N)=O)n3)cc2)nc1. The molecular weight excluding hydrogens is 306 g/mol. The molecule has 0 aliphatic carbocycles. The van der Waals surface area contributed by atoms with Gasteiger partial charge in [0.2, 0.25) is 5.88 Å². The maximum atomic E-state index is 11.3. The number of amides is 1. The van der Waals surface area contributed by atoms with E-state index in [0.29, 0.717) is 23.0 Å². The van der Waals surface area contributed by atoms with Crippen LogP contribution >= 0.6 is 0 Å². The van der Waals surface area contributed by atoms with Gasteiger partial charge in [-0.25, -0.2) is 15.0 Å². The van der Waals surface area contributed by atoms with Gasteiger partial charge in [-0.2, -0.15) is 0 Å². The summed E-state index contributed by atoms with van der Waals surface area (Å²) >= 11 is 0. The standard InChI is InChI=1S/C17H15N5O2/c1-10-2-7-15(20-9-10)24-12-5-3-11(4-6-12)17-21-13(16(19)23)8-14(18)22-17/h2-9H,1H3,(H2,19,23)(H2,18,21,22). The fourth-order valence-electron chi connectivity index (χ4n) is 2.03. The van der Waals surface area contributed by atoms with Crippen LogP contribution in [-0.2, 0) is 0 Å². The molecule has 0 radical (unpaired) electrons. The molecule has 2 aromatic heterocycles. The Labute approximate surface area is 138 Å². The fraction of sp³-hybridized carbons (Fsp3) is 0.0588. The Morgan fingerprint density at radius 3 is 2.46 bits per heavy atom. The predicted molar refractivity (Wildman–Crippen MR) is 89.4 cm³/mol. The summed E-state index contributed by atoms with van der Waals surface area (Å²) in [5.74, 6) is 0.969. The highest BCUT2D eigenvalue weighted by Crippen LogP contribution is 2.24. The van der Waals surface area contributed by atoms with Crippen molar-refractivity contribution in [3.05, 3.63) is 59.9 Å². The van der Waals surface area contributed by atoms with E-state index in [2.05, 4.69) is 15.0 Å². The first-order valence-corrected chi connectivity index (χ1v) is 7.16. The molecule has 0 saturated heterocycles. The Kier molecular flexibility index (Phi) is 4.07. The highest BCUT2D eigenvalue weighted by Gasteiger charge is 2.09. The molecule has 7 heteroatoms. The summed E-state index contributed by atoms with van der Waals surface area (Å²) in [5.41, 5.74) is 12.7. The van der Waals surface area contributed by atoms with Crippen LogP contribution in [0.1, 0.15) is 16.1 Å². The van der Waals surface area contributed by atoms with Crippen LogP contribution in [-0.4, -0.2) is 20.9 Å². The van der Waals surface area contributed by atoms with Crippen LogP contribution in [0.2, 0.25) is 0 Å². The van der Waals surface area contributed by atoms with Gasteiger partial charge in [0.15, 0.2) is 5.82 Å². The van der Waals surface area contributed by atoms with Gasteiger partial charge in [-0.05, 0) is 36.8 Å². The zero-order valence-electron chi connectivity index (χ0n) is 12.9. The second-order valence-electron chi connectivity index (χ2n) is 5.17. The molecule has 3 rings (SSSR count). The van der Waals surface area contributed by atoms with Crippen molar-refractivity contribution in [1.29, 1.82) is 0 Å². The third kappa shape index (κ3) is 3.46. The summed E-state index contributed by atoms with van der Waals surface area (Å²) in [6.45, 7) is 1.96. The molecule has 2 heterocycles. The first-order chi connectivity index (χ1) is 11.5. The number of hydrogen-bond acceptors (Lipinski definition) is 6. The molecule has 0 spiro atoms. The van der Waals surface area contributed by atoms with Crippen molar-refractivity contribution in [1.82, 2.24) is 15.0 Å². The van der Waals surface area contributed by atoms with Crippen molar-refractivity contribution in [3.8, 4) is 23.0 Å². The molecule has 0 aliphatic heterocycles. The molecule has 3 aromatic rings. The van der Waals surface area contributed by atoms with Crippen LogP contribution in [0.5, 0.6) is 11.6 Å². The third-order valence-electron chi connectivity index (χ3n) is 3.22. The topological polar surface area (TPSA) is 117 Å². The lowest BCUT2D eigenvalue weighted by Gasteiger charge is -2.07. The summed E-state index contributed by atoms with van der Waals surface area (Å²) in [6, 6.07) is 12.1. The van der Waals surface area contributed by atoms with Crippen molar-refractivity contribution in [3.63, 3.8) is 0 Å². The predicted octanol–water partition coefficient (Wildman–Crippen LogP) is 2.32. The number of primary amides is 1. The highest BCUT2D eigenvalue weighted by atomic mass is 16.5. The number of ether oxygens (including phenoxy) is 1. The first kappa shape index (κ1) is 15.4. The van der Waals surface area contributed by atoms with E-state index in [0.717, 1.165) is 5.56 Å². The van der Waals surface area contributed by atoms with Gasteiger partial charge in [-0.1, -0.05) is 6.07 Å². The summed E-state index contributed by atoms with van der Waals surface area (Å²) in [5, 5.41) is 0. The normalized spacial score (nSPS) is 10.4. The van der Waals surface area contributed by atoms with Gasteiger partial charge >= 0.3 is 0 Å². The minimum Gasteiger partial charge on any atom is -0.439 e. The zero-order valence-corrected chi connectivity index (χ0v) is 12.9. The molecule has 4 N–H and O–H groups in total. The average molecular weight is 321 g/mol. The Bertz CT molecular complexity index is 876. The van der Waals surface area contributed by atoms with E-state index in [9.17, 15) is 4.79 Å². The number of carbonyl (C=O) groups excluding carboxylic acids is 1. The smallest absolute Gasteiger partial charge is 0.267 e. The van der Waals surface area contributed by atoms with Crippen molar-refractivity contribution >= 4 is 11.7 Å². The highest BCUT2D eigenvalue weighted by molar-refractivity contribution is 5.91. The van der Waals surface area contributed by atoms with Gasteiger partial charge in [-0.3, -0.25) is 4.79 Å². The largest absolute Gasteiger partial charge is 0.439 e. The molecule has 24 heavy (non-hydrogen) atoms. The van der Waals surface area contributed by atoms with Crippen molar-refractivity contribution in [2.75, 3.05) is 5.73 Å². The maximum absolute atomic E-state index is 11.3. The molecule has 7 nitrogen and oxygen atoms in total. The fourth-order valence-corrected chi connectivity index (χ4v) is 2.03. The molecule has 0 unspecified atom stereocenters. The molecule has 0 saturated carbocycles. The van der Waals surface area contributed by atoms with Gasteiger partial charge in [0.25, 0.3) is 5.91 Å². The van der Waals surface area contributed by atoms with Gasteiger partial charge in [0.1, 0.15) is 17.3 Å². The number of aryl methyl sites for hydroxylation is 1. The molecule has 0 atom stereocenters. The maximum Gasteiger partial charge on any atom is 0.267 e. The summed E-state index contributed by atoms with van der Waals surface area (Å²) < 4.78 is 5.66. The number of nitrogen functional groups attached to an aromatic ring is 1. The van der Waals surface area contributed by atoms with Crippen molar-refractivity contribution in [2.45, 2.75) is 6.92 Å². The molecule has 0 fully saturated rings. The van der Waals surface area contributed by atoms with Crippen LogP contribution in [0.25, 0.3) is 11.4 Å². The molecular formula is C17H15N5O2. The Morgan fingerprint density at radius 2 is 1.83 bits per heavy atom. The van der Waals surface area contributed by atoms with Crippen LogP contribution in [0.3, 0.4) is 0 Å². The van der Waals surface area contributed by atoms with Gasteiger partial charge in [0, 0.05) is 23.9 Å². The second kappa shape index (κ2) is 6.33. The number of nitrogens with two attached hydrogens (primary N) is 2. The molecule has 1 aromatic carbocycles. The summed E-state index contributed by atoms with van der Waals surface area (Å²) in [7, 11) is 0. The van der Waals surface area contributed by atoms with Gasteiger partial charge < -0.3 is 16.2 Å². The minimum atomic E-state index is -0.657. The Balaban J connectivity index is 1.84. The second-order valence-corrected chi connectivity index (χ2v) is 5.17. The van der Waals surface area contributed by atoms with Gasteiger partial charge in [-0.15, -0.1) is 0 Å². The zero-order chi connectivity index (χ0) is 17.1. The Morgan fingerprint density at radius 1 is 1.08 bits per heavy atom. The lowest BCUT2D eigenvalue weighted by atomic mass is 10.2. The lowest BCUT2D eigenvalue weighted by Crippen LogP contribution is -2.14. The van der Waals surface area contributed by atoms with E-state index < -0.39 is 5.91 Å². The van der Waals surface area contributed by atoms with E-state index >= 15 is 0 Å². The number of hydrogen-bond donors (Lipinski definition) is 2. The quantitative estimate of drug-likeness (QED) is 0.761. The first-order valence-electron chi connectivity index (χ1n) is 7.16. The number of benzene rings is 1. The average Bonchev–Trinajstić information content (AvgIpc) is 2.57. The van der Waals surface area contributed by atoms with Gasteiger partial charge in [0.05, 0.1) is 0 Å². The number of rotatable bonds is 4. The van der Waals surface area contributed by atoms with E-state index in [1.165, 1.54) is 6.07 Å². The molecule has 0 bridgehead atoms. The number of carbonyl (C=O) groups is 1. The van der Waals surface area contributed by atoms with Crippen LogP contribution in [0, 0.1) is 6.92 Å². The lowest BCUT2D eigenvalue weighted by molar-refractivity contribution is 0.0995. The van der Waals surface area contributed by atoms with E-state index in [1.807, 2.05) is 13.0 Å². The van der Waals surface area contributed by atoms with E-state index in [4.69, 9.17) is 16.2 Å². The van der Waals surface area contributed by atoms with Crippen LogP contribution in [0.4, 0.5) is 5.82 Å². The number of anilines is 1. The number of pyridine rings is 1. The van der Waals surface area contributed by atoms with E-state index in [-0.39, 0.29) is 11.5 Å². The Hall–Kier alpha value is -3.48. The molecule has 1 amide bonds. The molecule has 120 valence electrons. The van der Waals surface area contributed by atoms with E-state index in [1.54, 1.807) is 36.5 Å². The summed E-state index contributed by atoms with van der Waals surface area (Å²) in [4.78, 5) is 23.7. The van der Waals surface area contributed by atoms with Crippen molar-refractivity contribution < 1.29 is 9.53 Å².